The van der Waals surface area contributed by atoms with Crippen LogP contribution in [0.3, 0.4) is 0 Å². The van der Waals surface area contributed by atoms with E-state index in [1.54, 1.807) is 0 Å². The standard InChI is InChI=1S/C5H12O.C2H4O2/c1-2-3-4-5-6;1-2-4-3-1/h6H,2-5H2,1H3;1-2H2. The summed E-state index contributed by atoms with van der Waals surface area (Å²) in [7, 11) is 0. The second-order valence-electron chi connectivity index (χ2n) is 2.07. The summed E-state index contributed by atoms with van der Waals surface area (Å²) in [6, 6.07) is 0. The lowest BCUT2D eigenvalue weighted by molar-refractivity contribution is -0.382. The van der Waals surface area contributed by atoms with E-state index >= 15 is 0 Å². The Morgan fingerprint density at radius 1 is 1.20 bits per heavy atom. The van der Waals surface area contributed by atoms with Crippen molar-refractivity contribution in [3.05, 3.63) is 0 Å². The summed E-state index contributed by atoms with van der Waals surface area (Å²) in [4.78, 5) is 8.44. The van der Waals surface area contributed by atoms with Crippen LogP contribution in [0.4, 0.5) is 0 Å². The molecule has 62 valence electrons. The van der Waals surface area contributed by atoms with E-state index in [4.69, 9.17) is 5.11 Å². The van der Waals surface area contributed by atoms with E-state index in [-0.39, 0.29) is 0 Å². The molecule has 0 radical (unpaired) electrons. The molecule has 0 aromatic rings. The third-order valence-electron chi connectivity index (χ3n) is 1.10. The van der Waals surface area contributed by atoms with E-state index in [2.05, 4.69) is 16.7 Å². The van der Waals surface area contributed by atoms with Gasteiger partial charge in [-0.15, -0.1) is 0 Å². The van der Waals surface area contributed by atoms with E-state index in [9.17, 15) is 0 Å². The highest BCUT2D eigenvalue weighted by Crippen LogP contribution is 1.89. The maximum Gasteiger partial charge on any atom is 0.109 e. The van der Waals surface area contributed by atoms with Crippen molar-refractivity contribution in [2.45, 2.75) is 26.2 Å². The van der Waals surface area contributed by atoms with Crippen LogP contribution >= 0.6 is 0 Å². The van der Waals surface area contributed by atoms with Crippen LogP contribution in [0.1, 0.15) is 26.2 Å². The summed E-state index contributed by atoms with van der Waals surface area (Å²) in [6.45, 7) is 4.03. The summed E-state index contributed by atoms with van der Waals surface area (Å²) in [5.74, 6) is 0. The van der Waals surface area contributed by atoms with Crippen molar-refractivity contribution in [2.75, 3.05) is 19.8 Å². The highest BCUT2D eigenvalue weighted by molar-refractivity contribution is 4.30. The molecule has 3 heteroatoms. The third kappa shape index (κ3) is 7.88. The number of hydrogen-bond donors (Lipinski definition) is 1. The van der Waals surface area contributed by atoms with Crippen LogP contribution in [0.2, 0.25) is 0 Å². The Balaban J connectivity index is 0.000000172. The minimum Gasteiger partial charge on any atom is -0.396 e. The average Bonchev–Trinajstić information content (AvgIpc) is 1.79. The van der Waals surface area contributed by atoms with Crippen LogP contribution < -0.4 is 0 Å². The molecule has 1 heterocycles. The highest BCUT2D eigenvalue weighted by atomic mass is 17.2. The Kier molecular flexibility index (Phi) is 8.77. The van der Waals surface area contributed by atoms with Gasteiger partial charge in [0.25, 0.3) is 0 Å². The molecule has 1 fully saturated rings. The smallest absolute Gasteiger partial charge is 0.109 e. The van der Waals surface area contributed by atoms with Crippen LogP contribution in [-0.2, 0) is 9.78 Å². The molecule has 0 amide bonds. The van der Waals surface area contributed by atoms with E-state index in [0.717, 1.165) is 26.1 Å². The van der Waals surface area contributed by atoms with Gasteiger partial charge in [0.2, 0.25) is 0 Å². The number of aliphatic hydroxyl groups excluding tert-OH is 1. The predicted octanol–water partition coefficient (Wildman–Crippen LogP) is 1.12. The Bertz CT molecular complexity index is 44.8. The van der Waals surface area contributed by atoms with Crippen molar-refractivity contribution in [1.29, 1.82) is 0 Å². The SMILES string of the molecule is C1COO1.CCCCCO. The molecule has 0 spiro atoms. The van der Waals surface area contributed by atoms with Crippen molar-refractivity contribution in [2.24, 2.45) is 0 Å². The molecule has 0 aromatic carbocycles. The van der Waals surface area contributed by atoms with Crippen LogP contribution in [0, 0.1) is 0 Å². The van der Waals surface area contributed by atoms with Gasteiger partial charge in [0.15, 0.2) is 0 Å². The molecule has 0 aromatic heterocycles. The molecule has 1 rings (SSSR count). The molecular formula is C7H16O3. The lowest BCUT2D eigenvalue weighted by Crippen LogP contribution is -2.14. The van der Waals surface area contributed by atoms with E-state index < -0.39 is 0 Å². The van der Waals surface area contributed by atoms with E-state index in [1.807, 2.05) is 0 Å². The molecular weight excluding hydrogens is 132 g/mol. The summed E-state index contributed by atoms with van der Waals surface area (Å²) >= 11 is 0. The Labute approximate surface area is 61.9 Å². The van der Waals surface area contributed by atoms with Gasteiger partial charge >= 0.3 is 0 Å². The van der Waals surface area contributed by atoms with Crippen LogP contribution in [0.5, 0.6) is 0 Å². The minimum absolute atomic E-state index is 0.355. The minimum atomic E-state index is 0.355. The van der Waals surface area contributed by atoms with Gasteiger partial charge in [-0.2, -0.15) is 0 Å². The second kappa shape index (κ2) is 8.88. The molecule has 1 aliphatic heterocycles. The molecule has 1 aliphatic rings. The van der Waals surface area contributed by atoms with Crippen LogP contribution in [0.25, 0.3) is 0 Å². The maximum absolute atomic E-state index is 8.20. The molecule has 0 bridgehead atoms. The molecule has 3 nitrogen and oxygen atoms in total. The normalized spacial score (nSPS) is 15.0. The van der Waals surface area contributed by atoms with Crippen molar-refractivity contribution in [3.63, 3.8) is 0 Å². The fourth-order valence-corrected chi connectivity index (χ4v) is 0.445. The predicted molar refractivity (Wildman–Crippen MR) is 38.5 cm³/mol. The Hall–Kier alpha value is -0.120. The second-order valence-corrected chi connectivity index (χ2v) is 2.07. The average molecular weight is 148 g/mol. The highest BCUT2D eigenvalue weighted by Gasteiger charge is 1.95. The topological polar surface area (TPSA) is 38.7 Å². The van der Waals surface area contributed by atoms with E-state index in [0.29, 0.717) is 6.61 Å². The molecule has 0 aliphatic carbocycles. The molecule has 10 heavy (non-hydrogen) atoms. The Morgan fingerprint density at radius 3 is 1.80 bits per heavy atom. The number of rotatable bonds is 3. The molecule has 1 saturated heterocycles. The van der Waals surface area contributed by atoms with Crippen molar-refractivity contribution in [3.8, 4) is 0 Å². The number of aliphatic hydroxyl groups is 1. The molecule has 0 unspecified atom stereocenters. The first kappa shape index (κ1) is 9.88. The molecule has 1 N–H and O–H groups in total. The lowest BCUT2D eigenvalue weighted by atomic mass is 10.3. The van der Waals surface area contributed by atoms with Crippen molar-refractivity contribution >= 4 is 0 Å². The quantitative estimate of drug-likeness (QED) is 0.481. The van der Waals surface area contributed by atoms with Gasteiger partial charge in [-0.1, -0.05) is 19.8 Å². The van der Waals surface area contributed by atoms with Gasteiger partial charge in [0.05, 0.1) is 0 Å². The first-order valence-electron chi connectivity index (χ1n) is 3.77. The van der Waals surface area contributed by atoms with Gasteiger partial charge in [0, 0.05) is 6.61 Å². The van der Waals surface area contributed by atoms with Gasteiger partial charge in [-0.05, 0) is 6.42 Å². The summed E-state index contributed by atoms with van der Waals surface area (Å²) < 4.78 is 0. The zero-order valence-corrected chi connectivity index (χ0v) is 6.51. The van der Waals surface area contributed by atoms with Gasteiger partial charge in [0.1, 0.15) is 13.2 Å². The van der Waals surface area contributed by atoms with Crippen LogP contribution in [-0.4, -0.2) is 24.9 Å². The van der Waals surface area contributed by atoms with Gasteiger partial charge in [-0.25, -0.2) is 9.78 Å². The fourth-order valence-electron chi connectivity index (χ4n) is 0.445. The zero-order chi connectivity index (χ0) is 7.66. The first-order chi connectivity index (χ1) is 4.91. The number of unbranched alkanes of at least 4 members (excludes halogenated alkanes) is 2. The van der Waals surface area contributed by atoms with Gasteiger partial charge in [-0.3, -0.25) is 0 Å². The number of hydrogen-bond acceptors (Lipinski definition) is 3. The fraction of sp³-hybridized carbons (Fsp3) is 1.00. The van der Waals surface area contributed by atoms with Crippen LogP contribution in [0.15, 0.2) is 0 Å². The molecule has 0 saturated carbocycles. The zero-order valence-electron chi connectivity index (χ0n) is 6.51. The monoisotopic (exact) mass is 148 g/mol. The molecule has 0 atom stereocenters. The largest absolute Gasteiger partial charge is 0.396 e. The van der Waals surface area contributed by atoms with Gasteiger partial charge < -0.3 is 5.11 Å². The lowest BCUT2D eigenvalue weighted by Gasteiger charge is -2.08. The third-order valence-corrected chi connectivity index (χ3v) is 1.10. The summed E-state index contributed by atoms with van der Waals surface area (Å²) in [6.07, 6.45) is 3.33. The summed E-state index contributed by atoms with van der Waals surface area (Å²) in [5.41, 5.74) is 0. The Morgan fingerprint density at radius 2 is 1.70 bits per heavy atom. The van der Waals surface area contributed by atoms with Crippen molar-refractivity contribution < 1.29 is 14.9 Å². The first-order valence-corrected chi connectivity index (χ1v) is 3.77. The maximum atomic E-state index is 8.20. The summed E-state index contributed by atoms with van der Waals surface area (Å²) in [5, 5.41) is 8.20. The van der Waals surface area contributed by atoms with Crippen molar-refractivity contribution in [1.82, 2.24) is 0 Å². The van der Waals surface area contributed by atoms with E-state index in [1.165, 1.54) is 6.42 Å².